The maximum absolute atomic E-state index is 11.1. The second-order valence-corrected chi connectivity index (χ2v) is 3.85. The molecule has 0 bridgehead atoms. The number of fused-ring (bicyclic) bond motifs is 1. The molecule has 18 heavy (non-hydrogen) atoms. The van der Waals surface area contributed by atoms with Crippen molar-refractivity contribution in [1.29, 1.82) is 0 Å². The summed E-state index contributed by atoms with van der Waals surface area (Å²) in [5.41, 5.74) is 0.337. The van der Waals surface area contributed by atoms with E-state index in [9.17, 15) is 14.4 Å². The van der Waals surface area contributed by atoms with E-state index in [4.69, 9.17) is 5.11 Å². The Morgan fingerprint density at radius 2 is 1.67 bits per heavy atom. The highest BCUT2D eigenvalue weighted by atomic mass is 16.4. The number of benzene rings is 1. The van der Waals surface area contributed by atoms with Crippen LogP contribution in [0.25, 0.3) is 0 Å². The fraction of sp³-hybridized carbons (Fsp3) is 0.308. The molecular weight excluding hydrogens is 234 g/mol. The zero-order chi connectivity index (χ0) is 13.7. The highest BCUT2D eigenvalue weighted by Gasteiger charge is 2.27. The molecule has 1 aliphatic heterocycles. The van der Waals surface area contributed by atoms with Crippen LogP contribution < -0.4 is 5.32 Å². The fourth-order valence-corrected chi connectivity index (χ4v) is 1.30. The number of rotatable bonds is 2. The van der Waals surface area contributed by atoms with Crippen LogP contribution in [0.5, 0.6) is 0 Å². The second-order valence-electron chi connectivity index (χ2n) is 3.85. The van der Waals surface area contributed by atoms with Crippen LogP contribution in [-0.2, 0) is 0 Å². The number of unbranched alkanes of at least 4 members (excludes halogenated alkanes) is 1. The molecule has 5 nitrogen and oxygen atoms in total. The molecule has 2 amide bonds. The van der Waals surface area contributed by atoms with Gasteiger partial charge in [-0.2, -0.15) is 0 Å². The number of carboxylic acids is 1. The first-order valence-corrected chi connectivity index (χ1v) is 5.74. The van der Waals surface area contributed by atoms with Crippen molar-refractivity contribution in [3.8, 4) is 0 Å². The summed E-state index contributed by atoms with van der Waals surface area (Å²) < 4.78 is 0. The molecule has 0 saturated carbocycles. The Kier molecular flexibility index (Phi) is 4.59. The molecule has 96 valence electrons. The molecule has 0 atom stereocenters. The molecule has 5 heteroatoms. The third kappa shape index (κ3) is 2.94. The topological polar surface area (TPSA) is 83.5 Å². The molecule has 1 aromatic carbocycles. The lowest BCUT2D eigenvalue weighted by Gasteiger charge is -1.96. The van der Waals surface area contributed by atoms with Gasteiger partial charge in [0.2, 0.25) is 0 Å². The van der Waals surface area contributed by atoms with Crippen molar-refractivity contribution in [2.24, 2.45) is 0 Å². The number of carbonyl (C=O) groups excluding carboxylic acids is 2. The number of imide groups is 1. The van der Waals surface area contributed by atoms with E-state index in [2.05, 4.69) is 19.2 Å². The van der Waals surface area contributed by atoms with E-state index in [0.717, 1.165) is 0 Å². The average molecular weight is 249 g/mol. The van der Waals surface area contributed by atoms with Gasteiger partial charge in [-0.3, -0.25) is 14.9 Å². The summed E-state index contributed by atoms with van der Waals surface area (Å²) in [5, 5.41) is 10.7. The number of carbonyl (C=O) groups is 3. The number of carboxylic acid groups (broad SMARTS) is 1. The van der Waals surface area contributed by atoms with Crippen molar-refractivity contribution in [1.82, 2.24) is 5.32 Å². The molecule has 0 unspecified atom stereocenters. The summed E-state index contributed by atoms with van der Waals surface area (Å²) in [4.78, 5) is 32.8. The van der Waals surface area contributed by atoms with Crippen LogP contribution in [0.2, 0.25) is 0 Å². The molecule has 1 aliphatic rings. The molecule has 1 heterocycles. The zero-order valence-corrected chi connectivity index (χ0v) is 10.3. The van der Waals surface area contributed by atoms with Crippen LogP contribution in [0.1, 0.15) is 57.8 Å². The number of amides is 2. The second kappa shape index (κ2) is 5.95. The van der Waals surface area contributed by atoms with E-state index < -0.39 is 17.8 Å². The quantitative estimate of drug-likeness (QED) is 0.786. The van der Waals surface area contributed by atoms with Gasteiger partial charge in [0.25, 0.3) is 11.8 Å². The Bertz CT molecular complexity index is 492. The Morgan fingerprint density at radius 1 is 1.11 bits per heavy atom. The van der Waals surface area contributed by atoms with E-state index in [0.29, 0.717) is 0 Å². The predicted octanol–water partition coefficient (Wildman–Crippen LogP) is 2.07. The van der Waals surface area contributed by atoms with E-state index >= 15 is 0 Å². The van der Waals surface area contributed by atoms with E-state index in [-0.39, 0.29) is 16.7 Å². The summed E-state index contributed by atoms with van der Waals surface area (Å²) in [6.45, 7) is 4.36. The lowest BCUT2D eigenvalue weighted by Crippen LogP contribution is -2.19. The summed E-state index contributed by atoms with van der Waals surface area (Å²) in [7, 11) is 0. The van der Waals surface area contributed by atoms with Gasteiger partial charge in [-0.15, -0.1) is 0 Å². The third-order valence-electron chi connectivity index (χ3n) is 2.48. The minimum atomic E-state index is -1.13. The summed E-state index contributed by atoms with van der Waals surface area (Å²) in [6, 6.07) is 3.82. The molecule has 0 spiro atoms. The molecule has 0 aromatic heterocycles. The van der Waals surface area contributed by atoms with Crippen LogP contribution in [0.4, 0.5) is 0 Å². The summed E-state index contributed by atoms with van der Waals surface area (Å²) in [5.74, 6) is -2.16. The van der Waals surface area contributed by atoms with Crippen molar-refractivity contribution >= 4 is 17.8 Å². The van der Waals surface area contributed by atoms with Crippen LogP contribution >= 0.6 is 0 Å². The third-order valence-corrected chi connectivity index (χ3v) is 2.48. The summed E-state index contributed by atoms with van der Waals surface area (Å²) >= 11 is 0. The van der Waals surface area contributed by atoms with Crippen molar-refractivity contribution in [3.05, 3.63) is 34.9 Å². The Hall–Kier alpha value is -2.17. The van der Waals surface area contributed by atoms with Crippen LogP contribution in [-0.4, -0.2) is 22.9 Å². The SMILES string of the molecule is CCCC.O=C(O)c1ccc2c(c1)C(=O)NC2=O. The standard InChI is InChI=1S/C9H5NO4.C4H10/c11-7-5-2-1-4(9(13)14)3-6(5)8(12)10-7;1-3-4-2/h1-3H,(H,13,14)(H,10,11,12);3-4H2,1-2H3. The van der Waals surface area contributed by atoms with Gasteiger partial charge in [0.05, 0.1) is 16.7 Å². The molecule has 0 saturated heterocycles. The Labute approximate surface area is 105 Å². The minimum Gasteiger partial charge on any atom is -0.478 e. The number of hydrogen-bond donors (Lipinski definition) is 2. The molecular formula is C13H15NO4. The van der Waals surface area contributed by atoms with E-state index in [1.54, 1.807) is 0 Å². The monoisotopic (exact) mass is 249 g/mol. The molecule has 0 aliphatic carbocycles. The molecule has 1 aromatic rings. The van der Waals surface area contributed by atoms with Crippen LogP contribution in [0, 0.1) is 0 Å². The van der Waals surface area contributed by atoms with Gasteiger partial charge in [-0.25, -0.2) is 4.79 Å². The van der Waals surface area contributed by atoms with E-state index in [1.165, 1.54) is 31.0 Å². The number of nitrogens with one attached hydrogen (secondary N) is 1. The number of hydrogen-bond acceptors (Lipinski definition) is 3. The molecule has 0 fully saturated rings. The lowest BCUT2D eigenvalue weighted by atomic mass is 10.1. The van der Waals surface area contributed by atoms with Crippen molar-refractivity contribution < 1.29 is 19.5 Å². The largest absolute Gasteiger partial charge is 0.478 e. The fourth-order valence-electron chi connectivity index (χ4n) is 1.30. The predicted molar refractivity (Wildman–Crippen MR) is 65.8 cm³/mol. The zero-order valence-electron chi connectivity index (χ0n) is 10.3. The maximum atomic E-state index is 11.1. The summed E-state index contributed by atoms with van der Waals surface area (Å²) in [6.07, 6.45) is 2.64. The normalized spacial score (nSPS) is 12.3. The minimum absolute atomic E-state index is 0.00593. The molecule has 2 rings (SSSR count). The van der Waals surface area contributed by atoms with Gasteiger partial charge >= 0.3 is 5.97 Å². The Balaban J connectivity index is 0.000000357. The van der Waals surface area contributed by atoms with Gasteiger partial charge in [0.1, 0.15) is 0 Å². The van der Waals surface area contributed by atoms with Crippen molar-refractivity contribution in [3.63, 3.8) is 0 Å². The first kappa shape index (κ1) is 13.9. The smallest absolute Gasteiger partial charge is 0.335 e. The Morgan fingerprint density at radius 3 is 2.17 bits per heavy atom. The lowest BCUT2D eigenvalue weighted by molar-refractivity contribution is 0.0696. The van der Waals surface area contributed by atoms with Crippen molar-refractivity contribution in [2.45, 2.75) is 26.7 Å². The van der Waals surface area contributed by atoms with Crippen LogP contribution in [0.3, 0.4) is 0 Å². The van der Waals surface area contributed by atoms with Gasteiger partial charge in [0, 0.05) is 0 Å². The highest BCUT2D eigenvalue weighted by Crippen LogP contribution is 2.17. The van der Waals surface area contributed by atoms with Crippen molar-refractivity contribution in [2.75, 3.05) is 0 Å². The first-order chi connectivity index (χ1) is 8.51. The van der Waals surface area contributed by atoms with Gasteiger partial charge < -0.3 is 5.11 Å². The van der Waals surface area contributed by atoms with Gasteiger partial charge in [-0.1, -0.05) is 26.7 Å². The first-order valence-electron chi connectivity index (χ1n) is 5.74. The van der Waals surface area contributed by atoms with Gasteiger partial charge in [0.15, 0.2) is 0 Å². The highest BCUT2D eigenvalue weighted by molar-refractivity contribution is 6.22. The maximum Gasteiger partial charge on any atom is 0.335 e. The average Bonchev–Trinajstić information content (AvgIpc) is 2.65. The number of aromatic carboxylic acids is 1. The van der Waals surface area contributed by atoms with E-state index in [1.807, 2.05) is 0 Å². The molecule has 0 radical (unpaired) electrons. The molecule has 2 N–H and O–H groups in total. The van der Waals surface area contributed by atoms with Gasteiger partial charge in [-0.05, 0) is 18.2 Å². The van der Waals surface area contributed by atoms with Crippen LogP contribution in [0.15, 0.2) is 18.2 Å².